The average Bonchev–Trinajstić information content (AvgIpc) is 2.58. The van der Waals surface area contributed by atoms with Gasteiger partial charge in [-0.3, -0.25) is 4.90 Å². The number of hydrogen-bond acceptors (Lipinski definition) is 4. The van der Waals surface area contributed by atoms with Crippen LogP contribution in [-0.4, -0.2) is 86.3 Å². The van der Waals surface area contributed by atoms with Gasteiger partial charge in [0, 0.05) is 51.9 Å². The monoisotopic (exact) mass is 367 g/mol. The maximum atomic E-state index is 6.13. The minimum Gasteiger partial charge on any atom is -0.377 e. The largest absolute Gasteiger partial charge is 0.377 e. The third-order valence-corrected chi connectivity index (χ3v) is 6.57. The molecule has 1 aliphatic carbocycles. The molecule has 2 rings (SSSR count). The first kappa shape index (κ1) is 22.1. The van der Waals surface area contributed by atoms with Gasteiger partial charge in [-0.2, -0.15) is 0 Å². The van der Waals surface area contributed by atoms with E-state index in [4.69, 9.17) is 4.74 Å². The molecule has 154 valence electrons. The lowest BCUT2D eigenvalue weighted by atomic mass is 9.87. The molecule has 1 heterocycles. The lowest BCUT2D eigenvalue weighted by Crippen LogP contribution is -2.50. The fourth-order valence-corrected chi connectivity index (χ4v) is 4.37. The van der Waals surface area contributed by atoms with Gasteiger partial charge in [-0.25, -0.2) is 0 Å². The molecule has 1 aliphatic heterocycles. The van der Waals surface area contributed by atoms with Crippen molar-refractivity contribution in [2.75, 3.05) is 59.5 Å². The molecule has 0 N–H and O–H groups in total. The molecule has 4 heteroatoms. The Balaban J connectivity index is 1.49. The highest BCUT2D eigenvalue weighted by Crippen LogP contribution is 2.28. The smallest absolute Gasteiger partial charge is 0.0605 e. The Morgan fingerprint density at radius 1 is 1.00 bits per heavy atom. The molecule has 0 aromatic heterocycles. The third-order valence-electron chi connectivity index (χ3n) is 6.57. The fourth-order valence-electron chi connectivity index (χ4n) is 4.37. The zero-order chi connectivity index (χ0) is 18.9. The molecule has 1 saturated heterocycles. The second-order valence-corrected chi connectivity index (χ2v) is 9.11. The van der Waals surface area contributed by atoms with Gasteiger partial charge in [-0.15, -0.1) is 0 Å². The second-order valence-electron chi connectivity index (χ2n) is 9.11. The summed E-state index contributed by atoms with van der Waals surface area (Å²) >= 11 is 0. The van der Waals surface area contributed by atoms with Crippen molar-refractivity contribution >= 4 is 0 Å². The van der Waals surface area contributed by atoms with Gasteiger partial charge in [0.05, 0.1) is 12.7 Å². The molecule has 0 bridgehead atoms. The lowest BCUT2D eigenvalue weighted by molar-refractivity contribution is -0.0547. The minimum absolute atomic E-state index is 0.510. The summed E-state index contributed by atoms with van der Waals surface area (Å²) in [5, 5.41) is 0. The van der Waals surface area contributed by atoms with Crippen LogP contribution in [-0.2, 0) is 4.74 Å². The molecule has 2 atom stereocenters. The van der Waals surface area contributed by atoms with E-state index in [0.29, 0.717) is 6.10 Å². The molecule has 2 aliphatic rings. The maximum absolute atomic E-state index is 6.13. The topological polar surface area (TPSA) is 19.0 Å². The Morgan fingerprint density at radius 2 is 1.65 bits per heavy atom. The first-order chi connectivity index (χ1) is 12.5. The third kappa shape index (κ3) is 7.46. The van der Waals surface area contributed by atoms with E-state index >= 15 is 0 Å². The lowest BCUT2D eigenvalue weighted by Gasteiger charge is -2.42. The summed E-state index contributed by atoms with van der Waals surface area (Å²) in [7, 11) is 2.29. The number of ether oxygens (including phenoxy) is 1. The van der Waals surface area contributed by atoms with Gasteiger partial charge >= 0.3 is 0 Å². The van der Waals surface area contributed by atoms with Crippen LogP contribution in [0.3, 0.4) is 0 Å². The van der Waals surface area contributed by atoms with E-state index in [1.54, 1.807) is 0 Å². The Labute approximate surface area is 163 Å². The van der Waals surface area contributed by atoms with Crippen molar-refractivity contribution in [3.63, 3.8) is 0 Å². The van der Waals surface area contributed by atoms with Gasteiger partial charge in [0.1, 0.15) is 0 Å². The van der Waals surface area contributed by atoms with E-state index in [0.717, 1.165) is 31.0 Å². The second kappa shape index (κ2) is 11.6. The Morgan fingerprint density at radius 3 is 2.27 bits per heavy atom. The molecule has 0 amide bonds. The predicted octanol–water partition coefficient (Wildman–Crippen LogP) is 3.57. The zero-order valence-electron chi connectivity index (χ0n) is 18.3. The highest BCUT2D eigenvalue weighted by atomic mass is 16.5. The normalized spacial score (nSPS) is 27.5. The highest BCUT2D eigenvalue weighted by molar-refractivity contribution is 4.87. The van der Waals surface area contributed by atoms with E-state index < -0.39 is 0 Å². The van der Waals surface area contributed by atoms with Crippen molar-refractivity contribution in [3.05, 3.63) is 0 Å². The summed E-state index contributed by atoms with van der Waals surface area (Å²) in [6, 6.07) is 0.752. The summed E-state index contributed by atoms with van der Waals surface area (Å²) < 4.78 is 6.13. The number of hydrogen-bond donors (Lipinski definition) is 0. The van der Waals surface area contributed by atoms with Gasteiger partial charge in [-0.05, 0) is 38.1 Å². The van der Waals surface area contributed by atoms with Crippen LogP contribution in [0.2, 0.25) is 0 Å². The molecule has 2 unspecified atom stereocenters. The first-order valence-electron chi connectivity index (χ1n) is 11.3. The first-order valence-corrected chi connectivity index (χ1v) is 11.3. The minimum atomic E-state index is 0.510. The highest BCUT2D eigenvalue weighted by Gasteiger charge is 2.33. The Bertz CT molecular complexity index is 364. The average molecular weight is 368 g/mol. The number of rotatable bonds is 12. The summed E-state index contributed by atoms with van der Waals surface area (Å²) in [5.74, 6) is 1.66. The van der Waals surface area contributed by atoms with Crippen molar-refractivity contribution < 1.29 is 4.74 Å². The van der Waals surface area contributed by atoms with Crippen LogP contribution >= 0.6 is 0 Å². The van der Waals surface area contributed by atoms with Crippen molar-refractivity contribution in [2.45, 2.75) is 71.9 Å². The summed E-state index contributed by atoms with van der Waals surface area (Å²) in [5.41, 5.74) is 0. The number of nitrogens with zero attached hydrogens (tertiary/aromatic N) is 3. The van der Waals surface area contributed by atoms with Crippen LogP contribution in [0.15, 0.2) is 0 Å². The molecule has 0 radical (unpaired) electrons. The van der Waals surface area contributed by atoms with Gasteiger partial charge in [-0.1, -0.05) is 40.5 Å². The quantitative estimate of drug-likeness (QED) is 0.525. The van der Waals surface area contributed by atoms with Crippen LogP contribution in [0.25, 0.3) is 0 Å². The summed E-state index contributed by atoms with van der Waals surface area (Å²) in [6.45, 7) is 18.8. The van der Waals surface area contributed by atoms with Crippen LogP contribution in [0.4, 0.5) is 0 Å². The number of piperazine rings is 1. The SMILES string of the molecule is CCCC(C)CN1CCN(CCOC2CC(N(C)CC(C)CC)C2)CC1. The predicted molar refractivity (Wildman–Crippen MR) is 112 cm³/mol. The molecule has 0 aromatic rings. The molecule has 4 nitrogen and oxygen atoms in total. The van der Waals surface area contributed by atoms with Gasteiger partial charge in [0.15, 0.2) is 0 Å². The van der Waals surface area contributed by atoms with Crippen molar-refractivity contribution in [1.29, 1.82) is 0 Å². The molecule has 2 fully saturated rings. The Kier molecular flexibility index (Phi) is 9.90. The zero-order valence-corrected chi connectivity index (χ0v) is 18.3. The molecular formula is C22H45N3O. The van der Waals surface area contributed by atoms with Gasteiger partial charge < -0.3 is 14.5 Å². The molecule has 0 spiro atoms. The molecule has 26 heavy (non-hydrogen) atoms. The van der Waals surface area contributed by atoms with E-state index in [-0.39, 0.29) is 0 Å². The summed E-state index contributed by atoms with van der Waals surface area (Å²) in [6.07, 6.45) is 6.93. The van der Waals surface area contributed by atoms with Crippen LogP contribution in [0.5, 0.6) is 0 Å². The summed E-state index contributed by atoms with van der Waals surface area (Å²) in [4.78, 5) is 7.79. The van der Waals surface area contributed by atoms with Gasteiger partial charge in [0.2, 0.25) is 0 Å². The fraction of sp³-hybridized carbons (Fsp3) is 1.00. The van der Waals surface area contributed by atoms with E-state index in [9.17, 15) is 0 Å². The van der Waals surface area contributed by atoms with Crippen LogP contribution in [0.1, 0.15) is 59.8 Å². The van der Waals surface area contributed by atoms with Gasteiger partial charge in [0.25, 0.3) is 0 Å². The van der Waals surface area contributed by atoms with E-state index in [2.05, 4.69) is 49.4 Å². The molecular weight excluding hydrogens is 322 g/mol. The van der Waals surface area contributed by atoms with Crippen LogP contribution < -0.4 is 0 Å². The molecule has 0 aromatic carbocycles. The molecule has 1 saturated carbocycles. The van der Waals surface area contributed by atoms with E-state index in [1.807, 2.05) is 0 Å². The van der Waals surface area contributed by atoms with Crippen molar-refractivity contribution in [3.8, 4) is 0 Å². The van der Waals surface area contributed by atoms with E-state index in [1.165, 1.54) is 71.4 Å². The van der Waals surface area contributed by atoms with Crippen LogP contribution in [0, 0.1) is 11.8 Å². The van der Waals surface area contributed by atoms with Crippen molar-refractivity contribution in [2.24, 2.45) is 11.8 Å². The van der Waals surface area contributed by atoms with Crippen molar-refractivity contribution in [1.82, 2.24) is 14.7 Å². The standard InChI is InChI=1S/C22H45N3O/c1-6-8-20(4)18-25-11-9-24(10-12-25)13-14-26-22-15-21(16-22)23(5)17-19(3)7-2/h19-22H,6-18H2,1-5H3. The Hall–Kier alpha value is -0.160. The maximum Gasteiger partial charge on any atom is 0.0605 e.